The number of aliphatic hydroxyl groups is 1. The topological polar surface area (TPSA) is 75.1 Å². The van der Waals surface area contributed by atoms with E-state index >= 15 is 0 Å². The molecule has 1 aliphatic heterocycles. The molecule has 0 amide bonds. The van der Waals surface area contributed by atoms with E-state index in [0.29, 0.717) is 30.0 Å². The standard InChI is InChI=1S/C21H26N2O4/c1-26-21-20(3-2-8-22-21)27-18-9-15-11-23(12-16(15)10-18)13-19(25)14-4-6-17(24)7-5-14/h2-8,15-16,18-19,24-25H,9-13H2,1H3/t15-,16+,18+,19?. The van der Waals surface area contributed by atoms with Crippen LogP contribution in [0.15, 0.2) is 42.6 Å². The molecule has 1 saturated heterocycles. The average molecular weight is 370 g/mol. The van der Waals surface area contributed by atoms with Crippen molar-refractivity contribution in [1.82, 2.24) is 9.88 Å². The van der Waals surface area contributed by atoms with Crippen LogP contribution in [0, 0.1) is 11.8 Å². The van der Waals surface area contributed by atoms with Crippen molar-refractivity contribution in [1.29, 1.82) is 0 Å². The lowest BCUT2D eigenvalue weighted by molar-refractivity contribution is 0.115. The van der Waals surface area contributed by atoms with Gasteiger partial charge in [-0.15, -0.1) is 0 Å². The normalized spacial score (nSPS) is 25.9. The number of ether oxygens (including phenoxy) is 2. The summed E-state index contributed by atoms with van der Waals surface area (Å²) >= 11 is 0. The van der Waals surface area contributed by atoms with Crippen LogP contribution in [0.2, 0.25) is 0 Å². The zero-order chi connectivity index (χ0) is 18.8. The van der Waals surface area contributed by atoms with E-state index in [4.69, 9.17) is 9.47 Å². The fourth-order valence-corrected chi connectivity index (χ4v) is 4.43. The van der Waals surface area contributed by atoms with Crippen LogP contribution in [-0.2, 0) is 0 Å². The number of fused-ring (bicyclic) bond motifs is 1. The number of nitrogens with zero attached hydrogens (tertiary/aromatic N) is 2. The number of aromatic hydroxyl groups is 1. The second-order valence-corrected chi connectivity index (χ2v) is 7.57. The molecule has 1 aromatic heterocycles. The van der Waals surface area contributed by atoms with Crippen LogP contribution in [0.5, 0.6) is 17.4 Å². The Bertz CT molecular complexity index is 753. The molecule has 4 atom stereocenters. The molecular weight excluding hydrogens is 344 g/mol. The number of benzene rings is 1. The molecule has 0 radical (unpaired) electrons. The van der Waals surface area contributed by atoms with Gasteiger partial charge in [0, 0.05) is 25.8 Å². The Morgan fingerprint density at radius 3 is 2.52 bits per heavy atom. The first-order chi connectivity index (χ1) is 13.1. The van der Waals surface area contributed by atoms with E-state index in [1.54, 1.807) is 37.6 Å². The third-order valence-corrected chi connectivity index (χ3v) is 5.72. The molecule has 0 spiro atoms. The number of aliphatic hydroxyl groups excluding tert-OH is 1. The molecule has 1 aliphatic carbocycles. The van der Waals surface area contributed by atoms with Crippen LogP contribution in [-0.4, -0.2) is 52.9 Å². The summed E-state index contributed by atoms with van der Waals surface area (Å²) in [5.74, 6) is 2.67. The highest BCUT2D eigenvalue weighted by atomic mass is 16.5. The number of hydrogen-bond acceptors (Lipinski definition) is 6. The molecule has 144 valence electrons. The van der Waals surface area contributed by atoms with Crippen molar-refractivity contribution >= 4 is 0 Å². The van der Waals surface area contributed by atoms with Gasteiger partial charge in [-0.2, -0.15) is 0 Å². The molecule has 2 N–H and O–H groups in total. The van der Waals surface area contributed by atoms with E-state index < -0.39 is 6.10 Å². The fourth-order valence-electron chi connectivity index (χ4n) is 4.43. The average Bonchev–Trinajstić information content (AvgIpc) is 3.20. The van der Waals surface area contributed by atoms with E-state index in [0.717, 1.165) is 31.5 Å². The molecule has 1 unspecified atom stereocenters. The number of phenols is 1. The molecule has 27 heavy (non-hydrogen) atoms. The van der Waals surface area contributed by atoms with Crippen LogP contribution >= 0.6 is 0 Å². The number of aromatic nitrogens is 1. The molecule has 6 heteroatoms. The van der Waals surface area contributed by atoms with Gasteiger partial charge in [0.05, 0.1) is 19.3 Å². The highest BCUT2D eigenvalue weighted by molar-refractivity contribution is 5.32. The van der Waals surface area contributed by atoms with E-state index in [2.05, 4.69) is 9.88 Å². The van der Waals surface area contributed by atoms with Gasteiger partial charge in [-0.1, -0.05) is 12.1 Å². The van der Waals surface area contributed by atoms with Gasteiger partial charge in [-0.3, -0.25) is 4.90 Å². The highest BCUT2D eigenvalue weighted by Gasteiger charge is 2.42. The summed E-state index contributed by atoms with van der Waals surface area (Å²) in [7, 11) is 1.61. The van der Waals surface area contributed by atoms with Crippen LogP contribution in [0.25, 0.3) is 0 Å². The first-order valence-electron chi connectivity index (χ1n) is 9.47. The van der Waals surface area contributed by atoms with Gasteiger partial charge < -0.3 is 19.7 Å². The van der Waals surface area contributed by atoms with Gasteiger partial charge in [0.15, 0.2) is 5.75 Å². The van der Waals surface area contributed by atoms with Crippen LogP contribution in [0.3, 0.4) is 0 Å². The minimum absolute atomic E-state index is 0.197. The lowest BCUT2D eigenvalue weighted by Crippen LogP contribution is -2.29. The zero-order valence-corrected chi connectivity index (χ0v) is 15.5. The number of β-amino-alcohol motifs (C(OH)–C–C–N with tert-alkyl or cyclic N) is 1. The highest BCUT2D eigenvalue weighted by Crippen LogP contribution is 2.41. The summed E-state index contributed by atoms with van der Waals surface area (Å²) in [5.41, 5.74) is 0.842. The van der Waals surface area contributed by atoms with Crippen LogP contribution in [0.1, 0.15) is 24.5 Å². The summed E-state index contributed by atoms with van der Waals surface area (Å²) in [6.45, 7) is 2.60. The molecule has 2 fully saturated rings. The summed E-state index contributed by atoms with van der Waals surface area (Å²) in [5, 5.41) is 19.9. The lowest BCUT2D eigenvalue weighted by atomic mass is 10.0. The summed E-state index contributed by atoms with van der Waals surface area (Å²) in [6, 6.07) is 10.6. The van der Waals surface area contributed by atoms with E-state index in [1.165, 1.54) is 0 Å². The summed E-state index contributed by atoms with van der Waals surface area (Å²) < 4.78 is 11.4. The molecule has 1 saturated carbocycles. The van der Waals surface area contributed by atoms with Crippen LogP contribution < -0.4 is 9.47 Å². The van der Waals surface area contributed by atoms with E-state index in [9.17, 15) is 10.2 Å². The SMILES string of the molecule is COc1ncccc1O[C@H]1C[C@@H]2CN(CC(O)c3ccc(O)cc3)C[C@@H]2C1. The molecular formula is C21H26N2O4. The first-order valence-corrected chi connectivity index (χ1v) is 9.47. The third kappa shape index (κ3) is 4.01. The lowest BCUT2D eigenvalue weighted by Gasteiger charge is -2.22. The Kier molecular flexibility index (Phi) is 5.18. The first kappa shape index (κ1) is 18.1. The number of rotatable bonds is 6. The number of likely N-dealkylation sites (tertiary alicyclic amines) is 1. The molecule has 2 aromatic rings. The Hall–Kier alpha value is -2.31. The largest absolute Gasteiger partial charge is 0.508 e. The predicted octanol–water partition coefficient (Wildman–Crippen LogP) is 2.62. The van der Waals surface area contributed by atoms with Crippen LogP contribution in [0.4, 0.5) is 0 Å². The second-order valence-electron chi connectivity index (χ2n) is 7.57. The molecule has 0 bridgehead atoms. The minimum Gasteiger partial charge on any atom is -0.508 e. The van der Waals surface area contributed by atoms with Crippen molar-refractivity contribution in [2.45, 2.75) is 25.0 Å². The Balaban J connectivity index is 1.30. The molecule has 1 aromatic carbocycles. The van der Waals surface area contributed by atoms with E-state index in [-0.39, 0.29) is 11.9 Å². The maximum atomic E-state index is 10.5. The van der Waals surface area contributed by atoms with Gasteiger partial charge >= 0.3 is 0 Å². The number of hydrogen-bond donors (Lipinski definition) is 2. The van der Waals surface area contributed by atoms with Gasteiger partial charge in [0.1, 0.15) is 5.75 Å². The quantitative estimate of drug-likeness (QED) is 0.814. The zero-order valence-electron chi connectivity index (χ0n) is 15.5. The molecule has 6 nitrogen and oxygen atoms in total. The maximum absolute atomic E-state index is 10.5. The van der Waals surface area contributed by atoms with Gasteiger partial charge in [-0.05, 0) is 54.5 Å². The monoisotopic (exact) mass is 370 g/mol. The number of phenolic OH excluding ortho intramolecular Hbond substituents is 1. The van der Waals surface area contributed by atoms with Crippen molar-refractivity contribution in [3.63, 3.8) is 0 Å². The summed E-state index contributed by atoms with van der Waals surface area (Å²) in [4.78, 5) is 6.53. The smallest absolute Gasteiger partial charge is 0.256 e. The van der Waals surface area contributed by atoms with Crippen molar-refractivity contribution in [3.8, 4) is 17.4 Å². The molecule has 2 aliphatic rings. The van der Waals surface area contributed by atoms with E-state index in [1.807, 2.05) is 12.1 Å². The van der Waals surface area contributed by atoms with Crippen molar-refractivity contribution in [3.05, 3.63) is 48.2 Å². The Morgan fingerprint density at radius 2 is 1.85 bits per heavy atom. The fraction of sp³-hybridized carbons (Fsp3) is 0.476. The Morgan fingerprint density at radius 1 is 1.15 bits per heavy atom. The van der Waals surface area contributed by atoms with Gasteiger partial charge in [0.25, 0.3) is 5.88 Å². The van der Waals surface area contributed by atoms with Gasteiger partial charge in [-0.25, -0.2) is 4.98 Å². The van der Waals surface area contributed by atoms with Crippen molar-refractivity contribution in [2.24, 2.45) is 11.8 Å². The predicted molar refractivity (Wildman–Crippen MR) is 101 cm³/mol. The molecule has 2 heterocycles. The maximum Gasteiger partial charge on any atom is 0.256 e. The van der Waals surface area contributed by atoms with Gasteiger partial charge in [0.2, 0.25) is 0 Å². The minimum atomic E-state index is -0.531. The molecule has 4 rings (SSSR count). The Labute approximate surface area is 159 Å². The number of pyridine rings is 1. The van der Waals surface area contributed by atoms with Crippen molar-refractivity contribution < 1.29 is 19.7 Å². The second kappa shape index (κ2) is 7.74. The summed E-state index contributed by atoms with van der Waals surface area (Å²) in [6.07, 6.45) is 3.41. The van der Waals surface area contributed by atoms with Crippen molar-refractivity contribution in [2.75, 3.05) is 26.7 Å². The third-order valence-electron chi connectivity index (χ3n) is 5.72. The number of methoxy groups -OCH3 is 1.